The Kier molecular flexibility index (Phi) is 3.93. The van der Waals surface area contributed by atoms with Crippen molar-refractivity contribution in [3.8, 4) is 0 Å². The lowest BCUT2D eigenvalue weighted by Gasteiger charge is -2.14. The first-order valence-electron chi connectivity index (χ1n) is 5.20. The van der Waals surface area contributed by atoms with Gasteiger partial charge in [-0.25, -0.2) is 8.78 Å². The number of hydrogen-bond acceptors (Lipinski definition) is 5. The Balaban J connectivity index is 2.00. The molecule has 0 atom stereocenters. The van der Waals surface area contributed by atoms with E-state index in [2.05, 4.69) is 10.2 Å². The molecule has 1 aromatic carbocycles. The summed E-state index contributed by atoms with van der Waals surface area (Å²) in [7, 11) is 0. The first-order valence-corrected chi connectivity index (χ1v) is 6.19. The molecule has 0 aliphatic carbocycles. The number of rotatable bonds is 5. The molecule has 18 heavy (non-hydrogen) atoms. The average molecular weight is 271 g/mol. The van der Waals surface area contributed by atoms with Gasteiger partial charge in [0.05, 0.1) is 12.3 Å². The van der Waals surface area contributed by atoms with Crippen molar-refractivity contribution in [3.05, 3.63) is 41.8 Å². The fourth-order valence-corrected chi connectivity index (χ4v) is 2.02. The molecule has 96 valence electrons. The molecule has 2 aromatic rings. The van der Waals surface area contributed by atoms with Crippen LogP contribution in [0.15, 0.2) is 40.0 Å². The van der Waals surface area contributed by atoms with Crippen molar-refractivity contribution >= 4 is 11.8 Å². The summed E-state index contributed by atoms with van der Waals surface area (Å²) in [5.41, 5.74) is 5.25. The molecule has 2 N–H and O–H groups in total. The third-order valence-corrected chi connectivity index (χ3v) is 3.11. The molecule has 1 heterocycles. The molecule has 0 saturated heterocycles. The van der Waals surface area contributed by atoms with Gasteiger partial charge in [-0.15, -0.1) is 10.2 Å². The predicted octanol–water partition coefficient (Wildman–Crippen LogP) is 2.41. The molecule has 0 bridgehead atoms. The van der Waals surface area contributed by atoms with Gasteiger partial charge in [-0.3, -0.25) is 0 Å². The van der Waals surface area contributed by atoms with Crippen LogP contribution in [0.2, 0.25) is 0 Å². The standard InChI is InChI=1S/C11H11F2N3OS/c12-11(13,8-4-2-1-3-5-8)7-18-10-16-15-9(6-14)17-10/h1-5H,6-7,14H2. The van der Waals surface area contributed by atoms with Crippen molar-refractivity contribution in [2.45, 2.75) is 17.7 Å². The van der Waals surface area contributed by atoms with Gasteiger partial charge in [0.25, 0.3) is 11.1 Å². The monoisotopic (exact) mass is 271 g/mol. The highest BCUT2D eigenvalue weighted by atomic mass is 32.2. The number of halogens is 2. The minimum absolute atomic E-state index is 0.0314. The predicted molar refractivity (Wildman–Crippen MR) is 63.2 cm³/mol. The van der Waals surface area contributed by atoms with Crippen LogP contribution in [0.4, 0.5) is 8.78 Å². The molecular formula is C11H11F2N3OS. The SMILES string of the molecule is NCc1nnc(SCC(F)(F)c2ccccc2)o1. The second kappa shape index (κ2) is 5.45. The molecule has 1 aromatic heterocycles. The maximum Gasteiger partial charge on any atom is 0.282 e. The summed E-state index contributed by atoms with van der Waals surface area (Å²) in [6.07, 6.45) is 0. The number of nitrogens with two attached hydrogens (primary N) is 1. The van der Waals surface area contributed by atoms with Crippen LogP contribution in [-0.4, -0.2) is 16.0 Å². The summed E-state index contributed by atoms with van der Waals surface area (Å²) in [6.45, 7) is 0.0998. The van der Waals surface area contributed by atoms with Crippen LogP contribution in [-0.2, 0) is 12.5 Å². The van der Waals surface area contributed by atoms with E-state index >= 15 is 0 Å². The minimum atomic E-state index is -2.94. The summed E-state index contributed by atoms with van der Waals surface area (Å²) < 4.78 is 32.6. The second-order valence-electron chi connectivity index (χ2n) is 3.52. The molecule has 0 unspecified atom stereocenters. The van der Waals surface area contributed by atoms with Crippen molar-refractivity contribution in [1.82, 2.24) is 10.2 Å². The van der Waals surface area contributed by atoms with Gasteiger partial charge in [-0.1, -0.05) is 42.1 Å². The maximum absolute atomic E-state index is 13.8. The van der Waals surface area contributed by atoms with E-state index in [0.717, 1.165) is 11.8 Å². The summed E-state index contributed by atoms with van der Waals surface area (Å²) in [5.74, 6) is -3.16. The van der Waals surface area contributed by atoms with Gasteiger partial charge in [-0.05, 0) is 0 Å². The normalized spacial score (nSPS) is 11.7. The van der Waals surface area contributed by atoms with Crippen molar-refractivity contribution in [1.29, 1.82) is 0 Å². The zero-order chi connectivity index (χ0) is 13.0. The molecule has 2 rings (SSSR count). The number of benzene rings is 1. The number of nitrogens with zero attached hydrogens (tertiary/aromatic N) is 2. The highest BCUT2D eigenvalue weighted by Gasteiger charge is 2.32. The highest BCUT2D eigenvalue weighted by Crippen LogP contribution is 2.33. The van der Waals surface area contributed by atoms with Crippen molar-refractivity contribution in [2.75, 3.05) is 5.75 Å². The Morgan fingerprint density at radius 2 is 1.94 bits per heavy atom. The van der Waals surface area contributed by atoms with E-state index in [4.69, 9.17) is 10.2 Å². The Morgan fingerprint density at radius 3 is 2.56 bits per heavy atom. The fraction of sp³-hybridized carbons (Fsp3) is 0.273. The molecule has 0 radical (unpaired) electrons. The molecule has 0 aliphatic heterocycles. The van der Waals surface area contributed by atoms with Crippen molar-refractivity contribution < 1.29 is 13.2 Å². The Bertz CT molecular complexity index is 504. The van der Waals surface area contributed by atoms with E-state index in [9.17, 15) is 8.78 Å². The number of thioether (sulfide) groups is 1. The van der Waals surface area contributed by atoms with Crippen LogP contribution in [0.5, 0.6) is 0 Å². The summed E-state index contributed by atoms with van der Waals surface area (Å²) in [4.78, 5) is 0. The lowest BCUT2D eigenvalue weighted by atomic mass is 10.1. The molecular weight excluding hydrogens is 260 g/mol. The first kappa shape index (κ1) is 13.0. The van der Waals surface area contributed by atoms with Gasteiger partial charge < -0.3 is 10.2 Å². The van der Waals surface area contributed by atoms with Crippen LogP contribution in [0.1, 0.15) is 11.5 Å². The number of hydrogen-bond donors (Lipinski definition) is 1. The fourth-order valence-electron chi connectivity index (χ4n) is 1.30. The Labute approximate surface area is 107 Å². The van der Waals surface area contributed by atoms with Gasteiger partial charge >= 0.3 is 0 Å². The minimum Gasteiger partial charge on any atom is -0.415 e. The molecule has 7 heteroatoms. The molecule has 0 fully saturated rings. The molecule has 0 spiro atoms. The van der Waals surface area contributed by atoms with Crippen LogP contribution < -0.4 is 5.73 Å². The van der Waals surface area contributed by atoms with E-state index in [1.54, 1.807) is 18.2 Å². The third-order valence-electron chi connectivity index (χ3n) is 2.20. The maximum atomic E-state index is 13.8. The zero-order valence-electron chi connectivity index (χ0n) is 9.35. The van der Waals surface area contributed by atoms with Crippen LogP contribution >= 0.6 is 11.8 Å². The smallest absolute Gasteiger partial charge is 0.282 e. The summed E-state index contributed by atoms with van der Waals surface area (Å²) in [5, 5.41) is 7.32. The third kappa shape index (κ3) is 3.05. The van der Waals surface area contributed by atoms with Crippen LogP contribution in [0, 0.1) is 0 Å². The van der Waals surface area contributed by atoms with E-state index in [0.29, 0.717) is 0 Å². The van der Waals surface area contributed by atoms with E-state index < -0.39 is 11.7 Å². The summed E-state index contributed by atoms with van der Waals surface area (Å²) >= 11 is 0.813. The summed E-state index contributed by atoms with van der Waals surface area (Å²) in [6, 6.07) is 7.62. The average Bonchev–Trinajstić information content (AvgIpc) is 2.86. The number of aromatic nitrogens is 2. The van der Waals surface area contributed by atoms with Gasteiger partial charge in [0, 0.05) is 5.56 Å². The lowest BCUT2D eigenvalue weighted by molar-refractivity contribution is 0.0229. The van der Waals surface area contributed by atoms with Crippen LogP contribution in [0.3, 0.4) is 0 Å². The van der Waals surface area contributed by atoms with Crippen LogP contribution in [0.25, 0.3) is 0 Å². The Hall–Kier alpha value is -1.47. The molecule has 4 nitrogen and oxygen atoms in total. The van der Waals surface area contributed by atoms with Crippen molar-refractivity contribution in [3.63, 3.8) is 0 Å². The largest absolute Gasteiger partial charge is 0.415 e. The van der Waals surface area contributed by atoms with Gasteiger partial charge in [-0.2, -0.15) is 0 Å². The molecule has 0 amide bonds. The molecule has 0 aliphatic rings. The second-order valence-corrected chi connectivity index (χ2v) is 4.45. The lowest BCUT2D eigenvalue weighted by Crippen LogP contribution is -2.16. The van der Waals surface area contributed by atoms with Gasteiger partial charge in [0.1, 0.15) is 0 Å². The first-order chi connectivity index (χ1) is 8.62. The molecule has 0 saturated carbocycles. The highest BCUT2D eigenvalue weighted by molar-refractivity contribution is 7.99. The van der Waals surface area contributed by atoms with Gasteiger partial charge in [0.2, 0.25) is 5.89 Å². The van der Waals surface area contributed by atoms with Gasteiger partial charge in [0.15, 0.2) is 0 Å². The quantitative estimate of drug-likeness (QED) is 0.846. The van der Waals surface area contributed by atoms with Crippen molar-refractivity contribution in [2.24, 2.45) is 5.73 Å². The Morgan fingerprint density at radius 1 is 1.22 bits per heavy atom. The zero-order valence-corrected chi connectivity index (χ0v) is 10.2. The van der Waals surface area contributed by atoms with E-state index in [1.165, 1.54) is 12.1 Å². The topological polar surface area (TPSA) is 64.9 Å². The number of alkyl halides is 2. The van der Waals surface area contributed by atoms with E-state index in [1.807, 2.05) is 0 Å². The van der Waals surface area contributed by atoms with E-state index in [-0.39, 0.29) is 23.2 Å².